The summed E-state index contributed by atoms with van der Waals surface area (Å²) in [6, 6.07) is 17.1. The Kier molecular flexibility index (Phi) is 6.80. The van der Waals surface area contributed by atoms with Gasteiger partial charge >= 0.3 is 0 Å². The minimum atomic E-state index is -0.220. The predicted molar refractivity (Wildman–Crippen MR) is 120 cm³/mol. The maximum Gasteiger partial charge on any atom is 0.257 e. The Labute approximate surface area is 183 Å². The third-order valence-electron chi connectivity index (χ3n) is 5.24. The third-order valence-corrected chi connectivity index (χ3v) is 5.24. The van der Waals surface area contributed by atoms with E-state index in [2.05, 4.69) is 16.7 Å². The zero-order valence-corrected chi connectivity index (χ0v) is 18.6. The molecule has 1 heterocycles. The van der Waals surface area contributed by atoms with Crippen molar-refractivity contribution in [2.24, 2.45) is 0 Å². The number of methoxy groups -OCH3 is 1. The number of aryl methyl sites for hydroxylation is 1. The van der Waals surface area contributed by atoms with E-state index in [1.54, 1.807) is 32.3 Å². The average Bonchev–Trinajstić information content (AvgIpc) is 3.05. The van der Waals surface area contributed by atoms with Gasteiger partial charge in [0.25, 0.3) is 5.91 Å². The van der Waals surface area contributed by atoms with Gasteiger partial charge in [0, 0.05) is 37.6 Å². The molecule has 2 aromatic carbocycles. The molecule has 31 heavy (non-hydrogen) atoms. The van der Waals surface area contributed by atoms with E-state index in [0.717, 1.165) is 11.4 Å². The molecule has 6 nitrogen and oxygen atoms in total. The molecule has 0 N–H and O–H groups in total. The van der Waals surface area contributed by atoms with Crippen molar-refractivity contribution in [2.45, 2.75) is 20.4 Å². The molecule has 3 rings (SSSR count). The summed E-state index contributed by atoms with van der Waals surface area (Å²) in [6.45, 7) is 4.43. The molecule has 0 spiro atoms. The highest BCUT2D eigenvalue weighted by atomic mass is 16.5. The predicted octanol–water partition coefficient (Wildman–Crippen LogP) is 4.13. The summed E-state index contributed by atoms with van der Waals surface area (Å²) in [4.78, 5) is 27.0. The van der Waals surface area contributed by atoms with Crippen LogP contribution in [-0.4, -0.2) is 49.0 Å². The lowest BCUT2D eigenvalue weighted by Crippen LogP contribution is -2.23. The van der Waals surface area contributed by atoms with Gasteiger partial charge in [0.1, 0.15) is 0 Å². The van der Waals surface area contributed by atoms with Crippen LogP contribution in [0.3, 0.4) is 0 Å². The number of benzene rings is 2. The maximum atomic E-state index is 13.0. The van der Waals surface area contributed by atoms with Crippen LogP contribution < -0.4 is 9.47 Å². The van der Waals surface area contributed by atoms with Gasteiger partial charge in [0.2, 0.25) is 5.78 Å². The molecule has 0 radical (unpaired) electrons. The molecule has 0 bridgehead atoms. The molecule has 3 aromatic rings. The first-order chi connectivity index (χ1) is 14.8. The molecule has 6 heteroatoms. The van der Waals surface area contributed by atoms with Gasteiger partial charge in [-0.15, -0.1) is 0 Å². The normalized spacial score (nSPS) is 10.6. The highest BCUT2D eigenvalue weighted by Crippen LogP contribution is 2.32. The molecule has 0 unspecified atom stereocenters. The number of Topliss-reactive ketones (excluding diaryl/α,β-unsaturated/α-hetero) is 1. The number of ether oxygens (including phenoxy) is 2. The largest absolute Gasteiger partial charge is 0.493 e. The maximum absolute atomic E-state index is 13.0. The lowest BCUT2D eigenvalue weighted by Gasteiger charge is -2.17. The van der Waals surface area contributed by atoms with Crippen LogP contribution in [0.5, 0.6) is 11.5 Å². The zero-order chi connectivity index (χ0) is 22.5. The summed E-state index contributed by atoms with van der Waals surface area (Å²) < 4.78 is 13.3. The monoisotopic (exact) mass is 420 g/mol. The minimum Gasteiger partial charge on any atom is -0.493 e. The number of aromatic nitrogens is 1. The number of para-hydroxylation sites is 1. The van der Waals surface area contributed by atoms with Crippen molar-refractivity contribution in [2.75, 3.05) is 27.8 Å². The molecular formula is C25H28N2O4. The van der Waals surface area contributed by atoms with Gasteiger partial charge < -0.3 is 18.9 Å². The summed E-state index contributed by atoms with van der Waals surface area (Å²) in [5.41, 5.74) is 4.03. The Morgan fingerprint density at radius 2 is 1.68 bits per heavy atom. The van der Waals surface area contributed by atoms with Gasteiger partial charge in [-0.2, -0.15) is 0 Å². The zero-order valence-electron chi connectivity index (χ0n) is 18.6. The number of carbonyl (C=O) groups excluding carboxylic acids is 2. The number of hydrogen-bond donors (Lipinski definition) is 0. The fourth-order valence-electron chi connectivity index (χ4n) is 3.54. The van der Waals surface area contributed by atoms with E-state index < -0.39 is 0 Å². The van der Waals surface area contributed by atoms with E-state index in [4.69, 9.17) is 9.47 Å². The quantitative estimate of drug-likeness (QED) is 0.514. The van der Waals surface area contributed by atoms with E-state index in [9.17, 15) is 9.59 Å². The SMILES string of the molecule is COc1cccc(C(=O)N(C)C)c1OCC(=O)c1cc(C)n(Cc2ccccc2)c1C. The van der Waals surface area contributed by atoms with Crippen molar-refractivity contribution < 1.29 is 19.1 Å². The van der Waals surface area contributed by atoms with E-state index in [-0.39, 0.29) is 24.0 Å². The topological polar surface area (TPSA) is 60.8 Å². The highest BCUT2D eigenvalue weighted by Gasteiger charge is 2.21. The first kappa shape index (κ1) is 22.2. The first-order valence-electron chi connectivity index (χ1n) is 10.1. The molecule has 0 aliphatic rings. The standard InChI is InChI=1S/C25H28N2O4/c1-17-14-21(18(2)27(17)15-19-10-7-6-8-11-19)22(28)16-31-24-20(25(29)26(3)4)12-9-13-23(24)30-5/h6-14H,15-16H2,1-5H3. The lowest BCUT2D eigenvalue weighted by molar-refractivity contribution is 0.0814. The van der Waals surface area contributed by atoms with Gasteiger partial charge in [-0.1, -0.05) is 36.4 Å². The fraction of sp³-hybridized carbons (Fsp3) is 0.280. The second-order valence-corrected chi connectivity index (χ2v) is 7.60. The summed E-state index contributed by atoms with van der Waals surface area (Å²) in [6.07, 6.45) is 0. The number of nitrogens with zero attached hydrogens (tertiary/aromatic N) is 2. The van der Waals surface area contributed by atoms with Gasteiger partial charge in [0.15, 0.2) is 18.1 Å². The van der Waals surface area contributed by atoms with Crippen LogP contribution in [0.4, 0.5) is 0 Å². The Hall–Kier alpha value is -3.54. The number of carbonyl (C=O) groups is 2. The number of amides is 1. The van der Waals surface area contributed by atoms with Crippen LogP contribution in [0.1, 0.15) is 37.7 Å². The van der Waals surface area contributed by atoms with E-state index in [0.29, 0.717) is 23.4 Å². The molecule has 0 aliphatic carbocycles. The Morgan fingerprint density at radius 1 is 0.968 bits per heavy atom. The molecule has 162 valence electrons. The van der Waals surface area contributed by atoms with Crippen molar-refractivity contribution in [3.05, 3.63) is 82.7 Å². The summed E-state index contributed by atoms with van der Waals surface area (Å²) >= 11 is 0. The molecule has 0 fully saturated rings. The molecule has 0 aliphatic heterocycles. The molecule has 0 saturated carbocycles. The average molecular weight is 421 g/mol. The smallest absolute Gasteiger partial charge is 0.257 e. The molecule has 1 amide bonds. The highest BCUT2D eigenvalue weighted by molar-refractivity contribution is 6.00. The van der Waals surface area contributed by atoms with Crippen LogP contribution in [0.2, 0.25) is 0 Å². The van der Waals surface area contributed by atoms with Crippen LogP contribution >= 0.6 is 0 Å². The second kappa shape index (κ2) is 9.51. The Morgan fingerprint density at radius 3 is 2.32 bits per heavy atom. The number of hydrogen-bond acceptors (Lipinski definition) is 4. The van der Waals surface area contributed by atoms with Gasteiger partial charge in [0.05, 0.1) is 12.7 Å². The van der Waals surface area contributed by atoms with Gasteiger partial charge in [-0.05, 0) is 37.6 Å². The molecule has 0 saturated heterocycles. The van der Waals surface area contributed by atoms with Crippen molar-refractivity contribution in [1.82, 2.24) is 9.47 Å². The second-order valence-electron chi connectivity index (χ2n) is 7.60. The minimum absolute atomic E-state index is 0.151. The lowest BCUT2D eigenvalue weighted by atomic mass is 10.1. The van der Waals surface area contributed by atoms with Crippen molar-refractivity contribution in [3.8, 4) is 11.5 Å². The van der Waals surface area contributed by atoms with E-state index in [1.165, 1.54) is 17.6 Å². The summed E-state index contributed by atoms with van der Waals surface area (Å²) in [5.74, 6) is 0.314. The number of rotatable bonds is 8. The van der Waals surface area contributed by atoms with Gasteiger partial charge in [-0.3, -0.25) is 9.59 Å². The van der Waals surface area contributed by atoms with Gasteiger partial charge in [-0.25, -0.2) is 0 Å². The molecule has 0 atom stereocenters. The van der Waals surface area contributed by atoms with Crippen LogP contribution in [-0.2, 0) is 6.54 Å². The molecular weight excluding hydrogens is 392 g/mol. The Balaban J connectivity index is 1.82. The molecule has 1 aromatic heterocycles. The van der Waals surface area contributed by atoms with E-state index in [1.807, 2.05) is 38.1 Å². The Bertz CT molecular complexity index is 1080. The van der Waals surface area contributed by atoms with Crippen LogP contribution in [0.15, 0.2) is 54.6 Å². The first-order valence-corrected chi connectivity index (χ1v) is 10.1. The fourth-order valence-corrected chi connectivity index (χ4v) is 3.54. The van der Waals surface area contributed by atoms with Crippen molar-refractivity contribution in [1.29, 1.82) is 0 Å². The summed E-state index contributed by atoms with van der Waals surface area (Å²) in [5, 5.41) is 0. The van der Waals surface area contributed by atoms with Crippen LogP contribution in [0.25, 0.3) is 0 Å². The van der Waals surface area contributed by atoms with Crippen molar-refractivity contribution in [3.63, 3.8) is 0 Å². The number of ketones is 1. The third kappa shape index (κ3) is 4.79. The van der Waals surface area contributed by atoms with Crippen LogP contribution in [0, 0.1) is 13.8 Å². The van der Waals surface area contributed by atoms with Crippen molar-refractivity contribution >= 4 is 11.7 Å². The summed E-state index contributed by atoms with van der Waals surface area (Å²) in [7, 11) is 4.84. The van der Waals surface area contributed by atoms with E-state index >= 15 is 0 Å².